The lowest BCUT2D eigenvalue weighted by molar-refractivity contribution is 0.351. The number of aromatic nitrogens is 3. The van der Waals surface area contributed by atoms with Gasteiger partial charge < -0.3 is 4.74 Å². The predicted octanol–water partition coefficient (Wildman–Crippen LogP) is 1.37. The quantitative estimate of drug-likeness (QED) is 0.699. The summed E-state index contributed by atoms with van der Waals surface area (Å²) in [7, 11) is 0. The standard InChI is InChI=1S/C11H15N3O/c1(3-9-5-6-12-14-13-9)8-2-4-10-11(7-8)15-10/h5-6,8,10-11H,1-4,7H2. The summed E-state index contributed by atoms with van der Waals surface area (Å²) in [6.07, 6.45) is 8.99. The van der Waals surface area contributed by atoms with Crippen molar-refractivity contribution in [3.8, 4) is 0 Å². The van der Waals surface area contributed by atoms with Gasteiger partial charge in [-0.15, -0.1) is 10.2 Å². The first-order valence-corrected chi connectivity index (χ1v) is 5.70. The van der Waals surface area contributed by atoms with Crippen LogP contribution in [0.1, 0.15) is 31.4 Å². The lowest BCUT2D eigenvalue weighted by atomic mass is 9.86. The fraction of sp³-hybridized carbons (Fsp3) is 0.727. The summed E-state index contributed by atoms with van der Waals surface area (Å²) < 4.78 is 5.52. The second-order valence-corrected chi connectivity index (χ2v) is 4.54. The summed E-state index contributed by atoms with van der Waals surface area (Å²) in [4.78, 5) is 0. The molecule has 2 heterocycles. The van der Waals surface area contributed by atoms with Gasteiger partial charge in [0.05, 0.1) is 24.1 Å². The third-order valence-electron chi connectivity index (χ3n) is 3.48. The molecular weight excluding hydrogens is 190 g/mol. The first-order chi connectivity index (χ1) is 7.42. The monoisotopic (exact) mass is 205 g/mol. The Kier molecular flexibility index (Phi) is 2.37. The van der Waals surface area contributed by atoms with Crippen LogP contribution in [0, 0.1) is 5.92 Å². The van der Waals surface area contributed by atoms with Gasteiger partial charge in [-0.05, 0) is 49.3 Å². The molecule has 0 amide bonds. The van der Waals surface area contributed by atoms with Crippen LogP contribution in [0.25, 0.3) is 0 Å². The van der Waals surface area contributed by atoms with E-state index in [9.17, 15) is 0 Å². The van der Waals surface area contributed by atoms with Gasteiger partial charge in [-0.3, -0.25) is 0 Å². The van der Waals surface area contributed by atoms with Crippen LogP contribution in [-0.2, 0) is 11.2 Å². The Morgan fingerprint density at radius 3 is 3.13 bits per heavy atom. The zero-order chi connectivity index (χ0) is 10.1. The normalized spacial score (nSPS) is 33.5. The summed E-state index contributed by atoms with van der Waals surface area (Å²) >= 11 is 0. The molecule has 80 valence electrons. The molecule has 1 saturated heterocycles. The van der Waals surface area contributed by atoms with Crippen LogP contribution >= 0.6 is 0 Å². The minimum atomic E-state index is 0.590. The molecule has 4 heteroatoms. The molecule has 0 aromatic carbocycles. The average Bonchev–Trinajstić information content (AvgIpc) is 3.06. The average molecular weight is 205 g/mol. The van der Waals surface area contributed by atoms with Crippen molar-refractivity contribution in [1.29, 1.82) is 0 Å². The molecule has 2 aliphatic rings. The Morgan fingerprint density at radius 1 is 1.33 bits per heavy atom. The van der Waals surface area contributed by atoms with E-state index in [0.29, 0.717) is 12.2 Å². The summed E-state index contributed by atoms with van der Waals surface area (Å²) in [6, 6.07) is 1.95. The Labute approximate surface area is 89.0 Å². The van der Waals surface area contributed by atoms with Gasteiger partial charge in [0.15, 0.2) is 0 Å². The van der Waals surface area contributed by atoms with Crippen LogP contribution in [0.15, 0.2) is 12.3 Å². The van der Waals surface area contributed by atoms with Crippen molar-refractivity contribution in [3.63, 3.8) is 0 Å². The predicted molar refractivity (Wildman–Crippen MR) is 54.2 cm³/mol. The molecule has 3 unspecified atom stereocenters. The van der Waals surface area contributed by atoms with Gasteiger partial charge >= 0.3 is 0 Å². The van der Waals surface area contributed by atoms with Crippen molar-refractivity contribution in [2.75, 3.05) is 0 Å². The molecule has 1 aromatic rings. The van der Waals surface area contributed by atoms with Crippen LogP contribution in [0.2, 0.25) is 0 Å². The smallest absolute Gasteiger partial charge is 0.0844 e. The molecule has 3 atom stereocenters. The van der Waals surface area contributed by atoms with Gasteiger partial charge in [0, 0.05) is 0 Å². The third-order valence-corrected chi connectivity index (χ3v) is 3.48. The van der Waals surface area contributed by atoms with E-state index in [4.69, 9.17) is 4.74 Å². The SMILES string of the molecule is c1cc(CCC2CCC3OC3C2)nnn1. The molecular formula is C11H15N3O. The molecule has 0 radical (unpaired) electrons. The van der Waals surface area contributed by atoms with Crippen LogP contribution < -0.4 is 0 Å². The van der Waals surface area contributed by atoms with Crippen molar-refractivity contribution in [2.45, 2.75) is 44.3 Å². The maximum absolute atomic E-state index is 5.52. The molecule has 1 aliphatic carbocycles. The number of aryl methyl sites for hydroxylation is 1. The number of hydrogen-bond donors (Lipinski definition) is 0. The molecule has 4 nitrogen and oxygen atoms in total. The number of ether oxygens (including phenoxy) is 1. The van der Waals surface area contributed by atoms with Crippen molar-refractivity contribution < 1.29 is 4.74 Å². The highest BCUT2D eigenvalue weighted by molar-refractivity contribution is 4.97. The zero-order valence-corrected chi connectivity index (χ0v) is 8.67. The maximum atomic E-state index is 5.52. The molecule has 0 spiro atoms. The van der Waals surface area contributed by atoms with E-state index < -0.39 is 0 Å². The maximum Gasteiger partial charge on any atom is 0.0844 e. The van der Waals surface area contributed by atoms with Gasteiger partial charge in [-0.1, -0.05) is 0 Å². The van der Waals surface area contributed by atoms with E-state index in [1.54, 1.807) is 6.20 Å². The molecule has 2 fully saturated rings. The lowest BCUT2D eigenvalue weighted by Crippen LogP contribution is -2.14. The van der Waals surface area contributed by atoms with E-state index >= 15 is 0 Å². The minimum absolute atomic E-state index is 0.590. The summed E-state index contributed by atoms with van der Waals surface area (Å²) in [5.41, 5.74) is 1.06. The van der Waals surface area contributed by atoms with E-state index in [0.717, 1.165) is 18.0 Å². The summed E-state index contributed by atoms with van der Waals surface area (Å²) in [5, 5.41) is 11.3. The van der Waals surface area contributed by atoms with Crippen LogP contribution in [0.3, 0.4) is 0 Å². The zero-order valence-electron chi connectivity index (χ0n) is 8.67. The minimum Gasteiger partial charge on any atom is -0.370 e. The van der Waals surface area contributed by atoms with Gasteiger partial charge in [0.25, 0.3) is 0 Å². The Bertz CT molecular complexity index is 330. The van der Waals surface area contributed by atoms with Gasteiger partial charge in [0.1, 0.15) is 0 Å². The van der Waals surface area contributed by atoms with E-state index in [2.05, 4.69) is 15.4 Å². The highest BCUT2D eigenvalue weighted by atomic mass is 16.6. The fourth-order valence-electron chi connectivity index (χ4n) is 2.50. The summed E-state index contributed by atoms with van der Waals surface area (Å²) in [5.74, 6) is 0.823. The highest BCUT2D eigenvalue weighted by Crippen LogP contribution is 2.40. The number of epoxide rings is 1. The first-order valence-electron chi connectivity index (χ1n) is 5.70. The number of nitrogens with zero attached hydrogens (tertiary/aromatic N) is 3. The van der Waals surface area contributed by atoms with Crippen molar-refractivity contribution >= 4 is 0 Å². The Balaban J connectivity index is 1.49. The van der Waals surface area contributed by atoms with Crippen LogP contribution in [-0.4, -0.2) is 27.6 Å². The summed E-state index contributed by atoms with van der Waals surface area (Å²) in [6.45, 7) is 0. The molecule has 0 N–H and O–H groups in total. The molecule has 15 heavy (non-hydrogen) atoms. The first kappa shape index (κ1) is 9.21. The van der Waals surface area contributed by atoms with Crippen LogP contribution in [0.5, 0.6) is 0 Å². The van der Waals surface area contributed by atoms with Crippen LogP contribution in [0.4, 0.5) is 0 Å². The van der Waals surface area contributed by atoms with E-state index in [1.165, 1.54) is 25.7 Å². The van der Waals surface area contributed by atoms with E-state index in [1.807, 2.05) is 6.07 Å². The molecule has 1 aromatic heterocycles. The van der Waals surface area contributed by atoms with Crippen molar-refractivity contribution in [3.05, 3.63) is 18.0 Å². The molecule has 1 aliphatic heterocycles. The molecule has 1 saturated carbocycles. The molecule has 3 rings (SSSR count). The second-order valence-electron chi connectivity index (χ2n) is 4.54. The van der Waals surface area contributed by atoms with Gasteiger partial charge in [0.2, 0.25) is 0 Å². The topological polar surface area (TPSA) is 51.2 Å². The number of rotatable bonds is 3. The van der Waals surface area contributed by atoms with Gasteiger partial charge in [-0.2, -0.15) is 0 Å². The van der Waals surface area contributed by atoms with E-state index in [-0.39, 0.29) is 0 Å². The second kappa shape index (κ2) is 3.85. The number of fused-ring (bicyclic) bond motifs is 1. The molecule has 0 bridgehead atoms. The Hall–Kier alpha value is -1.03. The Morgan fingerprint density at radius 2 is 2.33 bits per heavy atom. The van der Waals surface area contributed by atoms with Crippen molar-refractivity contribution in [1.82, 2.24) is 15.4 Å². The number of hydrogen-bond acceptors (Lipinski definition) is 4. The lowest BCUT2D eigenvalue weighted by Gasteiger charge is -2.17. The van der Waals surface area contributed by atoms with Crippen molar-refractivity contribution in [2.24, 2.45) is 5.92 Å². The highest BCUT2D eigenvalue weighted by Gasteiger charge is 2.43. The fourth-order valence-corrected chi connectivity index (χ4v) is 2.50. The van der Waals surface area contributed by atoms with Gasteiger partial charge in [-0.25, -0.2) is 0 Å². The third kappa shape index (κ3) is 2.15. The largest absolute Gasteiger partial charge is 0.370 e.